The topological polar surface area (TPSA) is 57.5 Å². The number of hydrogen-bond donors (Lipinski definition) is 2. The summed E-state index contributed by atoms with van der Waals surface area (Å²) in [6.07, 6.45) is 0. The van der Waals surface area contributed by atoms with Crippen LogP contribution in [0.1, 0.15) is 13.8 Å². The fourth-order valence-electron chi connectivity index (χ4n) is 0.302. The maximum absolute atomic E-state index is 9.97. The molecule has 0 aromatic heterocycles. The molecule has 0 aliphatic rings. The average Bonchev–Trinajstić information content (AvgIpc) is 1.21. The van der Waals surface area contributed by atoms with Crippen molar-refractivity contribution in [3.8, 4) is 0 Å². The van der Waals surface area contributed by atoms with Gasteiger partial charge in [0.05, 0.1) is 11.4 Å². The minimum absolute atomic E-state index is 0.0903. The molecule has 0 aliphatic carbocycles. The highest BCUT2D eigenvalue weighted by Crippen LogP contribution is 2.00. The second kappa shape index (κ2) is 2.57. The zero-order chi connectivity index (χ0) is 6.78. The Balaban J connectivity index is 3.55. The lowest BCUT2D eigenvalue weighted by molar-refractivity contribution is 0.104. The van der Waals surface area contributed by atoms with Crippen molar-refractivity contribution >= 4 is 11.1 Å². The lowest BCUT2D eigenvalue weighted by atomic mass is 10.2. The van der Waals surface area contributed by atoms with E-state index in [-0.39, 0.29) is 5.75 Å². The van der Waals surface area contributed by atoms with Gasteiger partial charge in [-0.3, -0.25) is 0 Å². The smallest absolute Gasteiger partial charge is 0.155 e. The first-order valence-corrected chi connectivity index (χ1v) is 3.49. The molecule has 0 rings (SSSR count). The van der Waals surface area contributed by atoms with Gasteiger partial charge in [0.1, 0.15) is 0 Å². The van der Waals surface area contributed by atoms with Gasteiger partial charge in [-0.1, -0.05) is 0 Å². The number of rotatable bonds is 2. The molecule has 0 fully saturated rings. The fourth-order valence-corrected chi connectivity index (χ4v) is 0.907. The van der Waals surface area contributed by atoms with E-state index < -0.39 is 16.7 Å². The molecule has 0 saturated heterocycles. The van der Waals surface area contributed by atoms with Crippen LogP contribution >= 0.6 is 0 Å². The van der Waals surface area contributed by atoms with Crippen molar-refractivity contribution in [3.05, 3.63) is 0 Å². The molecule has 1 atom stereocenters. The highest BCUT2D eigenvalue weighted by atomic mass is 32.2. The molecule has 0 amide bonds. The predicted molar refractivity (Wildman–Crippen MR) is 31.9 cm³/mol. The third-order valence-corrected chi connectivity index (χ3v) is 1.43. The summed E-state index contributed by atoms with van der Waals surface area (Å²) in [7, 11) is 0. The van der Waals surface area contributed by atoms with E-state index in [1.165, 1.54) is 13.8 Å². The summed E-state index contributed by atoms with van der Waals surface area (Å²) in [6.45, 7) is 2.97. The first-order chi connectivity index (χ1) is 3.42. The number of hydrogen-bond acceptors (Lipinski definition) is 2. The summed E-state index contributed by atoms with van der Waals surface area (Å²) in [5, 5.41) is 8.84. The lowest BCUT2D eigenvalue weighted by Gasteiger charge is -2.12. The molecule has 0 aliphatic heterocycles. The van der Waals surface area contributed by atoms with E-state index >= 15 is 0 Å². The predicted octanol–water partition coefficient (Wildman–Crippen LogP) is -0.0210. The molecule has 8 heavy (non-hydrogen) atoms. The molecule has 3 nitrogen and oxygen atoms in total. The van der Waals surface area contributed by atoms with E-state index in [1.54, 1.807) is 0 Å². The Kier molecular flexibility index (Phi) is 2.59. The Bertz CT molecular complexity index is 93.9. The van der Waals surface area contributed by atoms with Crippen molar-refractivity contribution in [2.75, 3.05) is 5.75 Å². The summed E-state index contributed by atoms with van der Waals surface area (Å²) in [4.78, 5) is 0. The third kappa shape index (κ3) is 6.07. The summed E-state index contributed by atoms with van der Waals surface area (Å²) < 4.78 is 18.2. The Labute approximate surface area is 51.0 Å². The summed E-state index contributed by atoms with van der Waals surface area (Å²) in [5.74, 6) is -0.0903. The minimum atomic E-state index is -1.89. The van der Waals surface area contributed by atoms with Crippen LogP contribution in [0.3, 0.4) is 0 Å². The van der Waals surface area contributed by atoms with Crippen molar-refractivity contribution < 1.29 is 13.9 Å². The highest BCUT2D eigenvalue weighted by molar-refractivity contribution is 7.79. The molecule has 0 heterocycles. The highest BCUT2D eigenvalue weighted by Gasteiger charge is 2.14. The van der Waals surface area contributed by atoms with Crippen molar-refractivity contribution in [1.29, 1.82) is 0 Å². The molecule has 50 valence electrons. The van der Waals surface area contributed by atoms with Gasteiger partial charge in [0.2, 0.25) is 0 Å². The lowest BCUT2D eigenvalue weighted by Crippen LogP contribution is -2.26. The molecule has 4 heteroatoms. The van der Waals surface area contributed by atoms with Crippen molar-refractivity contribution in [3.63, 3.8) is 0 Å². The first kappa shape index (κ1) is 8.07. The van der Waals surface area contributed by atoms with E-state index in [1.807, 2.05) is 0 Å². The van der Waals surface area contributed by atoms with Gasteiger partial charge in [-0.2, -0.15) is 0 Å². The van der Waals surface area contributed by atoms with E-state index in [2.05, 4.69) is 0 Å². The van der Waals surface area contributed by atoms with Gasteiger partial charge in [0.15, 0.2) is 11.1 Å². The largest absolute Gasteiger partial charge is 0.389 e. The fraction of sp³-hybridized carbons (Fsp3) is 1.00. The van der Waals surface area contributed by atoms with Crippen LogP contribution in [0, 0.1) is 0 Å². The molecule has 0 spiro atoms. The maximum atomic E-state index is 9.97. The zero-order valence-electron chi connectivity index (χ0n) is 4.92. The zero-order valence-corrected chi connectivity index (χ0v) is 5.73. The van der Waals surface area contributed by atoms with Crippen LogP contribution in [-0.4, -0.2) is 25.2 Å². The van der Waals surface area contributed by atoms with Gasteiger partial charge in [-0.25, -0.2) is 4.21 Å². The Morgan fingerprint density at radius 3 is 2.00 bits per heavy atom. The third-order valence-electron chi connectivity index (χ3n) is 0.477. The van der Waals surface area contributed by atoms with E-state index in [4.69, 9.17) is 9.66 Å². The van der Waals surface area contributed by atoms with Gasteiger partial charge in [-0.05, 0) is 13.8 Å². The van der Waals surface area contributed by atoms with Crippen molar-refractivity contribution in [2.45, 2.75) is 19.4 Å². The summed E-state index contributed by atoms with van der Waals surface area (Å²) >= 11 is -1.89. The Morgan fingerprint density at radius 1 is 1.62 bits per heavy atom. The Hall–Kier alpha value is 0.0700. The Morgan fingerprint density at radius 2 is 2.00 bits per heavy atom. The molecular formula is C4H10O3S. The van der Waals surface area contributed by atoms with Crippen LogP contribution in [0.2, 0.25) is 0 Å². The molecule has 2 N–H and O–H groups in total. The second-order valence-corrected chi connectivity index (χ2v) is 3.21. The minimum Gasteiger partial charge on any atom is -0.389 e. The first-order valence-electron chi connectivity index (χ1n) is 2.22. The molecule has 1 unspecified atom stereocenters. The maximum Gasteiger partial charge on any atom is 0.155 e. The van der Waals surface area contributed by atoms with Gasteiger partial charge in [-0.15, -0.1) is 0 Å². The summed E-state index contributed by atoms with van der Waals surface area (Å²) in [5.41, 5.74) is -1.03. The van der Waals surface area contributed by atoms with Crippen LogP contribution in [0.5, 0.6) is 0 Å². The van der Waals surface area contributed by atoms with Gasteiger partial charge in [0.25, 0.3) is 0 Å². The molecular weight excluding hydrogens is 128 g/mol. The monoisotopic (exact) mass is 138 g/mol. The van der Waals surface area contributed by atoms with Crippen LogP contribution in [0.25, 0.3) is 0 Å². The van der Waals surface area contributed by atoms with Crippen LogP contribution in [0.15, 0.2) is 0 Å². The van der Waals surface area contributed by atoms with Crippen molar-refractivity contribution in [2.24, 2.45) is 0 Å². The van der Waals surface area contributed by atoms with Gasteiger partial charge < -0.3 is 9.66 Å². The van der Waals surface area contributed by atoms with Gasteiger partial charge >= 0.3 is 0 Å². The van der Waals surface area contributed by atoms with E-state index in [0.29, 0.717) is 0 Å². The quantitative estimate of drug-likeness (QED) is 0.527. The molecule has 0 saturated carbocycles. The standard InChI is InChI=1S/C4H10O3S/c1-4(2,5)3-8(6)7/h5H,3H2,1-2H3,(H,6,7). The average molecular weight is 138 g/mol. The van der Waals surface area contributed by atoms with Crippen LogP contribution < -0.4 is 0 Å². The molecule has 0 aromatic carbocycles. The molecule has 0 aromatic rings. The second-order valence-electron chi connectivity index (χ2n) is 2.28. The molecule has 0 radical (unpaired) electrons. The SMILES string of the molecule is CC(C)(O)CS(=O)O. The molecule has 0 bridgehead atoms. The summed E-state index contributed by atoms with van der Waals surface area (Å²) in [6, 6.07) is 0. The number of aliphatic hydroxyl groups is 1. The van der Waals surface area contributed by atoms with Crippen LogP contribution in [-0.2, 0) is 11.1 Å². The van der Waals surface area contributed by atoms with E-state index in [0.717, 1.165) is 0 Å². The van der Waals surface area contributed by atoms with Crippen molar-refractivity contribution in [1.82, 2.24) is 0 Å². The van der Waals surface area contributed by atoms with Crippen LogP contribution in [0.4, 0.5) is 0 Å². The van der Waals surface area contributed by atoms with Gasteiger partial charge in [0, 0.05) is 0 Å². The van der Waals surface area contributed by atoms with E-state index in [9.17, 15) is 4.21 Å². The normalized spacial score (nSPS) is 16.0.